The van der Waals surface area contributed by atoms with Gasteiger partial charge in [-0.05, 0) is 18.1 Å². The Bertz CT molecular complexity index is 677. The zero-order valence-corrected chi connectivity index (χ0v) is 12.1. The van der Waals surface area contributed by atoms with Crippen LogP contribution < -0.4 is 0 Å². The van der Waals surface area contributed by atoms with Gasteiger partial charge in [-0.25, -0.2) is 13.2 Å². The summed E-state index contributed by atoms with van der Waals surface area (Å²) in [6.07, 6.45) is 0.278. The van der Waals surface area contributed by atoms with E-state index in [0.717, 1.165) is 6.07 Å². The van der Waals surface area contributed by atoms with Gasteiger partial charge in [0, 0.05) is 22.5 Å². The second-order valence-corrected chi connectivity index (χ2v) is 5.47. The smallest absolute Gasteiger partial charge is 0.258 e. The van der Waals surface area contributed by atoms with Gasteiger partial charge in [0.2, 0.25) is 0 Å². The Labute approximate surface area is 126 Å². The first-order chi connectivity index (χ1) is 9.90. The molecule has 7 heteroatoms. The number of hydrogen-bond donors (Lipinski definition) is 0. The van der Waals surface area contributed by atoms with Crippen molar-refractivity contribution < 1.29 is 18.1 Å². The summed E-state index contributed by atoms with van der Waals surface area (Å²) in [6.45, 7) is 0. The molecule has 0 aliphatic heterocycles. The average molecular weight is 360 g/mol. The molecule has 0 saturated carbocycles. The number of non-ortho nitro benzene ring substituents is 1. The normalized spacial score (nSPS) is 12.2. The third-order valence-electron chi connectivity index (χ3n) is 2.96. The molecule has 21 heavy (non-hydrogen) atoms. The van der Waals surface area contributed by atoms with Crippen molar-refractivity contribution in [3.63, 3.8) is 0 Å². The molecule has 1 atom stereocenters. The van der Waals surface area contributed by atoms with E-state index in [1.807, 2.05) is 0 Å². The first kappa shape index (κ1) is 15.5. The van der Waals surface area contributed by atoms with E-state index in [-0.39, 0.29) is 17.7 Å². The van der Waals surface area contributed by atoms with Gasteiger partial charge in [-0.15, -0.1) is 0 Å². The third kappa shape index (κ3) is 3.41. The molecule has 2 rings (SSSR count). The molecule has 0 saturated heterocycles. The minimum Gasteiger partial charge on any atom is -0.258 e. The fourth-order valence-corrected chi connectivity index (χ4v) is 2.58. The minimum absolute atomic E-state index is 0.00717. The lowest BCUT2D eigenvalue weighted by atomic mass is 10.0. The van der Waals surface area contributed by atoms with Crippen LogP contribution in [0.5, 0.6) is 0 Å². The van der Waals surface area contributed by atoms with Crippen molar-refractivity contribution in [1.82, 2.24) is 0 Å². The van der Waals surface area contributed by atoms with Crippen LogP contribution in [0.15, 0.2) is 36.4 Å². The number of nitro benzene ring substituents is 1. The Morgan fingerprint density at radius 2 is 1.67 bits per heavy atom. The summed E-state index contributed by atoms with van der Waals surface area (Å²) >= 11 is 3.22. The second kappa shape index (κ2) is 6.26. The van der Waals surface area contributed by atoms with E-state index >= 15 is 0 Å². The van der Waals surface area contributed by atoms with Crippen LogP contribution >= 0.6 is 15.9 Å². The summed E-state index contributed by atoms with van der Waals surface area (Å²) < 4.78 is 39.7. The molecule has 0 fully saturated rings. The van der Waals surface area contributed by atoms with Crippen LogP contribution in [0.4, 0.5) is 18.9 Å². The van der Waals surface area contributed by atoms with E-state index in [1.54, 1.807) is 0 Å². The highest BCUT2D eigenvalue weighted by Gasteiger charge is 2.19. The van der Waals surface area contributed by atoms with Crippen molar-refractivity contribution in [3.05, 3.63) is 75.1 Å². The monoisotopic (exact) mass is 359 g/mol. The fourth-order valence-electron chi connectivity index (χ4n) is 1.85. The summed E-state index contributed by atoms with van der Waals surface area (Å²) in [6, 6.07) is 7.75. The second-order valence-electron chi connectivity index (χ2n) is 4.36. The van der Waals surface area contributed by atoms with E-state index in [4.69, 9.17) is 0 Å². The molecule has 1 unspecified atom stereocenters. The largest absolute Gasteiger partial charge is 0.269 e. The molecule has 0 aromatic heterocycles. The summed E-state index contributed by atoms with van der Waals surface area (Å²) in [4.78, 5) is 9.44. The van der Waals surface area contributed by atoms with Gasteiger partial charge in [0.05, 0.1) is 4.92 Å². The van der Waals surface area contributed by atoms with Crippen LogP contribution in [0.25, 0.3) is 0 Å². The first-order valence-electron chi connectivity index (χ1n) is 5.91. The van der Waals surface area contributed by atoms with Crippen molar-refractivity contribution in [2.45, 2.75) is 11.2 Å². The fraction of sp³-hybridized carbons (Fsp3) is 0.143. The number of nitro groups is 1. The zero-order chi connectivity index (χ0) is 15.6. The maximum atomic E-state index is 13.7. The summed E-state index contributed by atoms with van der Waals surface area (Å²) in [5.41, 5.74) is 0.641. The van der Waals surface area contributed by atoms with E-state index < -0.39 is 27.2 Å². The Morgan fingerprint density at radius 1 is 1.05 bits per heavy atom. The lowest BCUT2D eigenvalue weighted by Crippen LogP contribution is -2.02. The van der Waals surface area contributed by atoms with Gasteiger partial charge in [-0.1, -0.05) is 34.1 Å². The Morgan fingerprint density at radius 3 is 2.24 bits per heavy atom. The van der Waals surface area contributed by atoms with Crippen molar-refractivity contribution >= 4 is 21.6 Å². The van der Waals surface area contributed by atoms with Crippen molar-refractivity contribution in [2.75, 3.05) is 0 Å². The van der Waals surface area contributed by atoms with Gasteiger partial charge in [0.25, 0.3) is 5.69 Å². The molecular formula is C14H9BrF3NO2. The third-order valence-corrected chi connectivity index (χ3v) is 3.78. The van der Waals surface area contributed by atoms with Gasteiger partial charge in [-0.2, -0.15) is 0 Å². The average Bonchev–Trinajstić information content (AvgIpc) is 2.45. The highest BCUT2D eigenvalue weighted by Crippen LogP contribution is 2.31. The summed E-state index contributed by atoms with van der Waals surface area (Å²) in [5, 5.41) is 10.5. The number of nitrogens with zero attached hydrogens (tertiary/aromatic N) is 1. The number of alkyl halides is 1. The lowest BCUT2D eigenvalue weighted by molar-refractivity contribution is -0.384. The van der Waals surface area contributed by atoms with E-state index in [9.17, 15) is 23.3 Å². The molecule has 0 aliphatic rings. The van der Waals surface area contributed by atoms with Crippen molar-refractivity contribution in [1.29, 1.82) is 0 Å². The highest BCUT2D eigenvalue weighted by molar-refractivity contribution is 9.09. The molecule has 0 amide bonds. The van der Waals surface area contributed by atoms with Crippen LogP contribution in [0.3, 0.4) is 0 Å². The van der Waals surface area contributed by atoms with E-state index in [2.05, 4.69) is 15.9 Å². The highest BCUT2D eigenvalue weighted by atomic mass is 79.9. The SMILES string of the molecule is O=[N+]([O-])c1ccc(CC(Br)c2ccc(F)c(F)c2F)cc1. The van der Waals surface area contributed by atoms with Crippen LogP contribution in [-0.4, -0.2) is 4.92 Å². The van der Waals surface area contributed by atoms with E-state index in [1.165, 1.54) is 30.3 Å². The molecule has 3 nitrogen and oxygen atoms in total. The number of halogens is 4. The van der Waals surface area contributed by atoms with Crippen LogP contribution in [0, 0.1) is 27.6 Å². The Balaban J connectivity index is 2.20. The van der Waals surface area contributed by atoms with Gasteiger partial charge in [0.1, 0.15) is 0 Å². The molecule has 0 radical (unpaired) electrons. The van der Waals surface area contributed by atoms with Crippen molar-refractivity contribution in [2.24, 2.45) is 0 Å². The van der Waals surface area contributed by atoms with Crippen molar-refractivity contribution in [3.8, 4) is 0 Å². The predicted octanol–water partition coefficient (Wildman–Crippen LogP) is 4.69. The molecule has 0 spiro atoms. The van der Waals surface area contributed by atoms with E-state index in [0.29, 0.717) is 5.56 Å². The zero-order valence-electron chi connectivity index (χ0n) is 10.5. The standard InChI is InChI=1S/C14H9BrF3NO2/c15-11(10-5-6-12(16)14(18)13(10)17)7-8-1-3-9(4-2-8)19(20)21/h1-6,11H,7H2. The molecule has 2 aromatic carbocycles. The maximum Gasteiger partial charge on any atom is 0.269 e. The number of hydrogen-bond acceptors (Lipinski definition) is 2. The summed E-state index contributed by atoms with van der Waals surface area (Å²) in [7, 11) is 0. The molecule has 0 aliphatic carbocycles. The molecular weight excluding hydrogens is 351 g/mol. The number of benzene rings is 2. The topological polar surface area (TPSA) is 43.1 Å². The van der Waals surface area contributed by atoms with Crippen LogP contribution in [0.1, 0.15) is 16.0 Å². The van der Waals surface area contributed by atoms with Gasteiger partial charge in [-0.3, -0.25) is 10.1 Å². The molecule has 0 N–H and O–H groups in total. The van der Waals surface area contributed by atoms with Gasteiger partial charge in [0.15, 0.2) is 17.5 Å². The minimum atomic E-state index is -1.51. The van der Waals surface area contributed by atoms with Crippen LogP contribution in [0.2, 0.25) is 0 Å². The Hall–Kier alpha value is -1.89. The number of rotatable bonds is 4. The molecule has 2 aromatic rings. The van der Waals surface area contributed by atoms with Gasteiger partial charge < -0.3 is 0 Å². The van der Waals surface area contributed by atoms with Crippen LogP contribution in [-0.2, 0) is 6.42 Å². The first-order valence-corrected chi connectivity index (χ1v) is 6.82. The summed E-state index contributed by atoms with van der Waals surface area (Å²) in [5.74, 6) is -3.99. The molecule has 0 heterocycles. The molecule has 0 bridgehead atoms. The maximum absolute atomic E-state index is 13.7. The Kier molecular flexibility index (Phi) is 4.62. The lowest BCUT2D eigenvalue weighted by Gasteiger charge is -2.12. The van der Waals surface area contributed by atoms with Gasteiger partial charge >= 0.3 is 0 Å². The predicted molar refractivity (Wildman–Crippen MR) is 74.8 cm³/mol. The molecule has 110 valence electrons. The quantitative estimate of drug-likeness (QED) is 0.344.